The number of sulfone groups is 1. The topological polar surface area (TPSA) is 93.6 Å². The van der Waals surface area contributed by atoms with Gasteiger partial charge in [-0.25, -0.2) is 18.2 Å². The van der Waals surface area contributed by atoms with Crippen LogP contribution in [0.2, 0.25) is 0 Å². The van der Waals surface area contributed by atoms with E-state index in [1.54, 1.807) is 22.5 Å². The number of amides is 1. The van der Waals surface area contributed by atoms with Crippen molar-refractivity contribution in [1.29, 1.82) is 0 Å². The molecule has 0 aliphatic carbocycles. The molecular weight excluding hydrogens is 456 g/mol. The van der Waals surface area contributed by atoms with E-state index >= 15 is 0 Å². The Bertz CT molecular complexity index is 992. The van der Waals surface area contributed by atoms with E-state index in [2.05, 4.69) is 4.98 Å². The van der Waals surface area contributed by atoms with Crippen molar-refractivity contribution in [2.24, 2.45) is 0 Å². The predicted molar refractivity (Wildman–Crippen MR) is 122 cm³/mol. The fourth-order valence-corrected chi connectivity index (χ4v) is 6.71. The van der Waals surface area contributed by atoms with E-state index < -0.39 is 22.4 Å². The van der Waals surface area contributed by atoms with E-state index in [1.807, 2.05) is 24.4 Å². The third kappa shape index (κ3) is 6.78. The third-order valence-electron chi connectivity index (χ3n) is 5.01. The van der Waals surface area contributed by atoms with E-state index in [-0.39, 0.29) is 23.5 Å². The van der Waals surface area contributed by atoms with Crippen LogP contribution in [0.1, 0.15) is 42.2 Å². The zero-order valence-electron chi connectivity index (χ0n) is 17.4. The molecule has 1 aromatic carbocycles. The number of carbonyl (C=O) groups excluding carboxylic acids is 2. The zero-order valence-corrected chi connectivity index (χ0v) is 19.8. The SMILES string of the molecule is CCCCN(C(=O)COC(=O)c1ccccc1SCc1cscn1)C1CCS(=O)(=O)C1. The maximum Gasteiger partial charge on any atom is 0.339 e. The van der Waals surface area contributed by atoms with Gasteiger partial charge in [-0.2, -0.15) is 0 Å². The van der Waals surface area contributed by atoms with E-state index in [0.29, 0.717) is 24.3 Å². The van der Waals surface area contributed by atoms with Crippen LogP contribution in [0.4, 0.5) is 0 Å². The molecule has 1 aliphatic rings. The first-order valence-corrected chi connectivity index (χ1v) is 13.9. The Morgan fingerprint density at radius 2 is 2.13 bits per heavy atom. The number of esters is 1. The summed E-state index contributed by atoms with van der Waals surface area (Å²) in [5.41, 5.74) is 3.10. The molecule has 0 N–H and O–H groups in total. The molecule has 2 aromatic rings. The number of aromatic nitrogens is 1. The van der Waals surface area contributed by atoms with E-state index in [4.69, 9.17) is 4.74 Å². The number of unbranched alkanes of at least 4 members (excludes halogenated alkanes) is 1. The molecule has 1 unspecified atom stereocenters. The lowest BCUT2D eigenvalue weighted by atomic mass is 10.2. The van der Waals surface area contributed by atoms with Crippen LogP contribution in [-0.4, -0.2) is 60.9 Å². The summed E-state index contributed by atoms with van der Waals surface area (Å²) in [6.45, 7) is 2.08. The summed E-state index contributed by atoms with van der Waals surface area (Å²) < 4.78 is 29.0. The molecule has 0 saturated carbocycles. The van der Waals surface area contributed by atoms with Crippen molar-refractivity contribution in [3.63, 3.8) is 0 Å². The summed E-state index contributed by atoms with van der Waals surface area (Å²) in [6, 6.07) is 6.77. The lowest BCUT2D eigenvalue weighted by molar-refractivity contribution is -0.136. The molecule has 0 spiro atoms. The van der Waals surface area contributed by atoms with Gasteiger partial charge in [-0.15, -0.1) is 23.1 Å². The number of rotatable bonds is 10. The van der Waals surface area contributed by atoms with E-state index in [9.17, 15) is 18.0 Å². The summed E-state index contributed by atoms with van der Waals surface area (Å²) in [4.78, 5) is 32.0. The second-order valence-electron chi connectivity index (χ2n) is 7.34. The minimum atomic E-state index is -3.11. The van der Waals surface area contributed by atoms with Crippen molar-refractivity contribution in [2.45, 2.75) is 42.9 Å². The fraction of sp³-hybridized carbons (Fsp3) is 0.476. The van der Waals surface area contributed by atoms with E-state index in [0.717, 1.165) is 23.4 Å². The molecule has 3 rings (SSSR count). The van der Waals surface area contributed by atoms with Gasteiger partial charge in [0.25, 0.3) is 5.91 Å². The summed E-state index contributed by atoms with van der Waals surface area (Å²) in [5.74, 6) is -0.211. The lowest BCUT2D eigenvalue weighted by Crippen LogP contribution is -2.43. The van der Waals surface area contributed by atoms with Crippen LogP contribution >= 0.6 is 23.1 Å². The normalized spacial score (nSPS) is 17.4. The molecule has 1 fully saturated rings. The molecule has 1 atom stereocenters. The smallest absolute Gasteiger partial charge is 0.339 e. The van der Waals surface area contributed by atoms with Crippen molar-refractivity contribution in [3.05, 3.63) is 46.4 Å². The molecular formula is C21H26N2O5S3. The van der Waals surface area contributed by atoms with Gasteiger partial charge in [-0.1, -0.05) is 25.5 Å². The molecule has 10 heteroatoms. The predicted octanol–water partition coefficient (Wildman–Crippen LogP) is 3.41. The third-order valence-corrected chi connectivity index (χ3v) is 8.51. The van der Waals surface area contributed by atoms with Crippen molar-refractivity contribution in [3.8, 4) is 0 Å². The minimum absolute atomic E-state index is 0.0213. The van der Waals surface area contributed by atoms with Crippen molar-refractivity contribution < 1.29 is 22.7 Å². The highest BCUT2D eigenvalue weighted by Crippen LogP contribution is 2.27. The van der Waals surface area contributed by atoms with Gasteiger partial charge >= 0.3 is 5.97 Å². The number of thiazole rings is 1. The van der Waals surface area contributed by atoms with Crippen LogP contribution in [0.3, 0.4) is 0 Å². The van der Waals surface area contributed by atoms with Gasteiger partial charge in [0.2, 0.25) is 0 Å². The van der Waals surface area contributed by atoms with Crippen molar-refractivity contribution in [1.82, 2.24) is 9.88 Å². The summed E-state index contributed by atoms with van der Waals surface area (Å²) in [7, 11) is -3.11. The van der Waals surface area contributed by atoms with Crippen LogP contribution < -0.4 is 0 Å². The molecule has 168 valence electrons. The monoisotopic (exact) mass is 482 g/mol. The van der Waals surface area contributed by atoms with Crippen LogP contribution in [0.25, 0.3) is 0 Å². The minimum Gasteiger partial charge on any atom is -0.452 e. The van der Waals surface area contributed by atoms with Crippen LogP contribution in [0, 0.1) is 0 Å². The number of hydrogen-bond donors (Lipinski definition) is 0. The number of thioether (sulfide) groups is 1. The maximum atomic E-state index is 12.8. The lowest BCUT2D eigenvalue weighted by Gasteiger charge is -2.28. The number of nitrogens with zero attached hydrogens (tertiary/aromatic N) is 2. The van der Waals surface area contributed by atoms with Crippen molar-refractivity contribution in [2.75, 3.05) is 24.7 Å². The molecule has 1 aromatic heterocycles. The molecule has 0 bridgehead atoms. The van der Waals surface area contributed by atoms with Crippen LogP contribution in [-0.2, 0) is 25.1 Å². The summed E-state index contributed by atoms with van der Waals surface area (Å²) >= 11 is 3.01. The summed E-state index contributed by atoms with van der Waals surface area (Å²) in [6.07, 6.45) is 2.08. The van der Waals surface area contributed by atoms with Gasteiger partial charge in [-0.05, 0) is 25.0 Å². The average Bonchev–Trinajstić information content (AvgIpc) is 3.40. The zero-order chi connectivity index (χ0) is 22.3. The molecule has 7 nitrogen and oxygen atoms in total. The largest absolute Gasteiger partial charge is 0.452 e. The first-order valence-electron chi connectivity index (χ1n) is 10.2. The van der Waals surface area contributed by atoms with Gasteiger partial charge in [0.1, 0.15) is 0 Å². The van der Waals surface area contributed by atoms with Crippen LogP contribution in [0.15, 0.2) is 40.1 Å². The Hall–Kier alpha value is -1.91. The second kappa shape index (κ2) is 11.1. The van der Waals surface area contributed by atoms with Gasteiger partial charge < -0.3 is 9.64 Å². The van der Waals surface area contributed by atoms with Gasteiger partial charge in [-0.3, -0.25) is 4.79 Å². The van der Waals surface area contributed by atoms with Gasteiger partial charge in [0.05, 0.1) is 28.3 Å². The van der Waals surface area contributed by atoms with Crippen molar-refractivity contribution >= 4 is 44.8 Å². The number of hydrogen-bond acceptors (Lipinski definition) is 8. The molecule has 1 amide bonds. The van der Waals surface area contributed by atoms with Gasteiger partial charge in [0, 0.05) is 28.6 Å². The highest BCUT2D eigenvalue weighted by atomic mass is 32.2. The Morgan fingerprint density at radius 3 is 2.81 bits per heavy atom. The second-order valence-corrected chi connectivity index (χ2v) is 11.3. The highest BCUT2D eigenvalue weighted by molar-refractivity contribution is 7.98. The summed E-state index contributed by atoms with van der Waals surface area (Å²) in [5, 5.41) is 1.96. The molecule has 2 heterocycles. The first kappa shape index (κ1) is 23.7. The van der Waals surface area contributed by atoms with Crippen LogP contribution in [0.5, 0.6) is 0 Å². The Kier molecular flexibility index (Phi) is 8.50. The molecule has 1 aliphatic heterocycles. The average molecular weight is 483 g/mol. The fourth-order valence-electron chi connectivity index (χ4n) is 3.37. The standard InChI is InChI=1S/C21H26N2O5S3/c1-2-3-9-23(17-8-10-31(26,27)14-17)20(24)11-28-21(25)18-6-4-5-7-19(18)30-13-16-12-29-15-22-16/h4-7,12,15,17H,2-3,8-11,13-14H2,1H3. The first-order chi connectivity index (χ1) is 14.9. The quantitative estimate of drug-likeness (QED) is 0.378. The maximum absolute atomic E-state index is 12.8. The molecule has 1 saturated heterocycles. The molecule has 31 heavy (non-hydrogen) atoms. The Balaban J connectivity index is 1.61. The van der Waals surface area contributed by atoms with E-state index in [1.165, 1.54) is 23.1 Å². The van der Waals surface area contributed by atoms with Gasteiger partial charge in [0.15, 0.2) is 16.4 Å². The number of benzene rings is 1. The Labute approximate surface area is 191 Å². The number of carbonyl (C=O) groups is 2. The Morgan fingerprint density at radius 1 is 1.32 bits per heavy atom. The number of ether oxygens (including phenoxy) is 1. The highest BCUT2D eigenvalue weighted by Gasteiger charge is 2.34. The molecule has 0 radical (unpaired) electrons.